The Morgan fingerprint density at radius 1 is 1.83 bits per heavy atom. The van der Waals surface area contributed by atoms with Gasteiger partial charge in [0.1, 0.15) is 0 Å². The maximum atomic E-state index is 11.0. The fourth-order valence-corrected chi connectivity index (χ4v) is 1.47. The van der Waals surface area contributed by atoms with Crippen molar-refractivity contribution in [2.75, 3.05) is 12.4 Å². The number of amides is 1. The lowest BCUT2D eigenvalue weighted by Gasteiger charge is -2.03. The molecule has 0 aliphatic carbocycles. The molecule has 1 amide bonds. The number of rotatable bonds is 2. The summed E-state index contributed by atoms with van der Waals surface area (Å²) in [5.41, 5.74) is 0.332. The van der Waals surface area contributed by atoms with Crippen LogP contribution in [0.5, 0.6) is 0 Å². The zero-order valence-corrected chi connectivity index (χ0v) is 7.44. The Bertz CT molecular complexity index is 237. The average Bonchev–Trinajstić information content (AvgIpc) is 2.37. The van der Waals surface area contributed by atoms with Crippen LogP contribution in [0.25, 0.3) is 0 Å². The summed E-state index contributed by atoms with van der Waals surface area (Å²) in [4.78, 5) is 21.8. The molecule has 5 heteroatoms. The van der Waals surface area contributed by atoms with Gasteiger partial charge in [0.2, 0.25) is 0 Å². The van der Waals surface area contributed by atoms with Crippen molar-refractivity contribution in [1.82, 2.24) is 5.32 Å². The number of ether oxygens (including phenoxy) is 1. The summed E-state index contributed by atoms with van der Waals surface area (Å²) in [6.07, 6.45) is -0.570. The highest BCUT2D eigenvalue weighted by molar-refractivity contribution is 8.03. The Kier molecular flexibility index (Phi) is 3.16. The summed E-state index contributed by atoms with van der Waals surface area (Å²) in [6.45, 7) is 2.01. The van der Waals surface area contributed by atoms with Crippen LogP contribution in [0.4, 0.5) is 4.79 Å². The van der Waals surface area contributed by atoms with Crippen LogP contribution in [0.1, 0.15) is 6.92 Å². The number of hydrogen-bond acceptors (Lipinski definition) is 4. The van der Waals surface area contributed by atoms with Gasteiger partial charge in [-0.3, -0.25) is 10.1 Å². The second-order valence-electron chi connectivity index (χ2n) is 2.11. The smallest absolute Gasteiger partial charge is 0.411 e. The maximum Gasteiger partial charge on any atom is 0.411 e. The van der Waals surface area contributed by atoms with Crippen molar-refractivity contribution in [2.45, 2.75) is 6.92 Å². The molecule has 4 nitrogen and oxygen atoms in total. The summed E-state index contributed by atoms with van der Waals surface area (Å²) in [5.74, 6) is 0.343. The van der Waals surface area contributed by atoms with Gasteiger partial charge in [-0.2, -0.15) is 0 Å². The Balaban J connectivity index is 2.40. The minimum absolute atomic E-state index is 0.0620. The van der Waals surface area contributed by atoms with E-state index in [2.05, 4.69) is 10.1 Å². The van der Waals surface area contributed by atoms with Crippen molar-refractivity contribution in [3.63, 3.8) is 0 Å². The van der Waals surface area contributed by atoms with E-state index < -0.39 is 6.09 Å². The number of nitrogens with one attached hydrogen (secondary N) is 1. The Labute approximate surface area is 74.3 Å². The van der Waals surface area contributed by atoms with Crippen LogP contribution in [0.2, 0.25) is 0 Å². The van der Waals surface area contributed by atoms with Crippen LogP contribution >= 0.6 is 11.8 Å². The second-order valence-corrected chi connectivity index (χ2v) is 2.97. The molecular weight excluding hydrogens is 178 g/mol. The van der Waals surface area contributed by atoms with Crippen molar-refractivity contribution in [2.24, 2.45) is 0 Å². The Morgan fingerprint density at radius 2 is 2.58 bits per heavy atom. The highest BCUT2D eigenvalue weighted by Crippen LogP contribution is 2.16. The molecular formula is C7H9NO3S. The lowest BCUT2D eigenvalue weighted by atomic mass is 10.3. The minimum atomic E-state index is -0.570. The van der Waals surface area contributed by atoms with E-state index in [-0.39, 0.29) is 5.78 Å². The van der Waals surface area contributed by atoms with E-state index in [0.29, 0.717) is 18.1 Å². The largest absolute Gasteiger partial charge is 0.450 e. The third kappa shape index (κ3) is 2.27. The monoisotopic (exact) mass is 187 g/mol. The van der Waals surface area contributed by atoms with Crippen molar-refractivity contribution < 1.29 is 14.3 Å². The summed E-state index contributed by atoms with van der Waals surface area (Å²) in [6, 6.07) is 0. The first kappa shape index (κ1) is 9.12. The molecule has 0 aromatic heterocycles. The molecule has 0 saturated carbocycles. The zero-order valence-electron chi connectivity index (χ0n) is 6.62. The van der Waals surface area contributed by atoms with Gasteiger partial charge in [0, 0.05) is 0 Å². The fourth-order valence-electron chi connectivity index (χ4n) is 0.720. The van der Waals surface area contributed by atoms with Crippen molar-refractivity contribution in [3.05, 3.63) is 11.1 Å². The number of allylic oxidation sites excluding steroid dienone is 1. The van der Waals surface area contributed by atoms with Crippen molar-refractivity contribution in [1.29, 1.82) is 0 Å². The molecule has 1 N–H and O–H groups in total. The molecule has 0 atom stereocenters. The number of carbonyl (C=O) groups excluding carboxylic acids is 2. The number of carbonyl (C=O) groups is 2. The lowest BCUT2D eigenvalue weighted by molar-refractivity contribution is -0.113. The Morgan fingerprint density at radius 3 is 3.08 bits per heavy atom. The number of Topliss-reactive ketones (excluding diaryl/α,β-unsaturated/α-hetero) is 1. The highest BCUT2D eigenvalue weighted by atomic mass is 32.2. The maximum absolute atomic E-state index is 11.0. The van der Waals surface area contributed by atoms with E-state index in [1.54, 1.807) is 12.3 Å². The van der Waals surface area contributed by atoms with E-state index in [1.165, 1.54) is 11.8 Å². The van der Waals surface area contributed by atoms with Gasteiger partial charge in [-0.1, -0.05) is 0 Å². The normalized spacial score (nSPS) is 15.8. The lowest BCUT2D eigenvalue weighted by Crippen LogP contribution is -2.26. The van der Waals surface area contributed by atoms with E-state index in [1.807, 2.05) is 0 Å². The molecule has 12 heavy (non-hydrogen) atoms. The van der Waals surface area contributed by atoms with Crippen LogP contribution < -0.4 is 5.32 Å². The van der Waals surface area contributed by atoms with Crippen LogP contribution in [-0.4, -0.2) is 24.2 Å². The molecule has 1 rings (SSSR count). The second kappa shape index (κ2) is 4.15. The first-order valence-corrected chi connectivity index (χ1v) is 4.57. The van der Waals surface area contributed by atoms with Gasteiger partial charge < -0.3 is 4.74 Å². The van der Waals surface area contributed by atoms with Crippen molar-refractivity contribution in [3.8, 4) is 0 Å². The highest BCUT2D eigenvalue weighted by Gasteiger charge is 2.17. The van der Waals surface area contributed by atoms with Gasteiger partial charge in [-0.05, 0) is 12.3 Å². The molecule has 0 aromatic rings. The van der Waals surface area contributed by atoms with E-state index in [0.717, 1.165) is 0 Å². The topological polar surface area (TPSA) is 55.4 Å². The van der Waals surface area contributed by atoms with Crippen LogP contribution in [0.15, 0.2) is 11.1 Å². The summed E-state index contributed by atoms with van der Waals surface area (Å²) < 4.78 is 4.60. The van der Waals surface area contributed by atoms with Gasteiger partial charge in [0.15, 0.2) is 5.78 Å². The molecule has 0 fully saturated rings. The van der Waals surface area contributed by atoms with Crippen LogP contribution in [-0.2, 0) is 9.53 Å². The molecule has 0 spiro atoms. The molecule has 0 aromatic carbocycles. The molecule has 1 aliphatic rings. The molecule has 1 heterocycles. The first-order valence-electron chi connectivity index (χ1n) is 3.52. The molecule has 0 bridgehead atoms. The zero-order chi connectivity index (χ0) is 8.97. The number of ketones is 1. The molecule has 0 unspecified atom stereocenters. The first-order chi connectivity index (χ1) is 5.74. The van der Waals surface area contributed by atoms with Gasteiger partial charge in [0.05, 0.1) is 18.1 Å². The van der Waals surface area contributed by atoms with Crippen LogP contribution in [0, 0.1) is 0 Å². The van der Waals surface area contributed by atoms with Gasteiger partial charge >= 0.3 is 6.09 Å². The summed E-state index contributed by atoms with van der Waals surface area (Å²) >= 11 is 1.37. The van der Waals surface area contributed by atoms with Gasteiger partial charge in [-0.25, -0.2) is 4.79 Å². The fraction of sp³-hybridized carbons (Fsp3) is 0.429. The number of alkyl carbamates (subject to hydrolysis) is 1. The van der Waals surface area contributed by atoms with E-state index in [4.69, 9.17) is 0 Å². The Hall–Kier alpha value is -0.970. The molecule has 66 valence electrons. The van der Waals surface area contributed by atoms with Gasteiger partial charge in [-0.15, -0.1) is 11.8 Å². The number of hydrogen-bond donors (Lipinski definition) is 1. The summed E-state index contributed by atoms with van der Waals surface area (Å²) in [5, 5.41) is 3.98. The molecule has 1 aliphatic heterocycles. The van der Waals surface area contributed by atoms with E-state index in [9.17, 15) is 9.59 Å². The average molecular weight is 187 g/mol. The molecule has 0 saturated heterocycles. The van der Waals surface area contributed by atoms with Gasteiger partial charge in [0.25, 0.3) is 0 Å². The van der Waals surface area contributed by atoms with Crippen molar-refractivity contribution >= 4 is 23.6 Å². The third-order valence-corrected chi connectivity index (χ3v) is 2.06. The van der Waals surface area contributed by atoms with E-state index >= 15 is 0 Å². The standard InChI is InChI=1S/C7H9NO3S/c1-2-11-7(10)8-5-3-12-4-6(5)9/h3H,2,4H2,1H3,(H,8,10). The van der Waals surface area contributed by atoms with Crippen LogP contribution in [0.3, 0.4) is 0 Å². The summed E-state index contributed by atoms with van der Waals surface area (Å²) in [7, 11) is 0. The molecule has 0 radical (unpaired) electrons. The minimum Gasteiger partial charge on any atom is -0.450 e. The number of thioether (sulfide) groups is 1. The predicted octanol–water partition coefficient (Wildman–Crippen LogP) is 0.890. The quantitative estimate of drug-likeness (QED) is 0.697. The third-order valence-electron chi connectivity index (χ3n) is 1.23. The predicted molar refractivity (Wildman–Crippen MR) is 45.7 cm³/mol. The SMILES string of the molecule is CCOC(=O)NC1=CSCC1=O.